The number of benzene rings is 7. The molecule has 0 spiro atoms. The fraction of sp³-hybridized carbons (Fsp3) is 0.160. The summed E-state index contributed by atoms with van der Waals surface area (Å²) in [5.41, 5.74) is 15.8. The number of anilines is 4. The molecule has 0 atom stereocenters. The molecule has 4 aliphatic heterocycles. The maximum atomic E-state index is 2.72. The van der Waals surface area contributed by atoms with Crippen LogP contribution in [0.5, 0.6) is 0 Å². The highest BCUT2D eigenvalue weighted by Gasteiger charge is 2.51. The summed E-state index contributed by atoms with van der Waals surface area (Å²) in [7, 11) is 0. The first-order valence-electron chi connectivity index (χ1n) is 20.5. The third-order valence-corrected chi connectivity index (χ3v) is 15.5. The van der Waals surface area contributed by atoms with Crippen LogP contribution in [0.4, 0.5) is 22.7 Å². The lowest BCUT2D eigenvalue weighted by Gasteiger charge is -2.29. The number of nitrogens with zero attached hydrogens (tertiary/aromatic N) is 4. The first-order valence-corrected chi connectivity index (χ1v) is 22.1. The van der Waals surface area contributed by atoms with Gasteiger partial charge in [0.2, 0.25) is 0 Å². The van der Waals surface area contributed by atoms with Gasteiger partial charge in [-0.25, -0.2) is 0 Å². The van der Waals surface area contributed by atoms with E-state index in [-0.39, 0.29) is 24.8 Å². The van der Waals surface area contributed by atoms with E-state index in [1.54, 1.807) is 0 Å². The molecule has 2 aromatic heterocycles. The summed E-state index contributed by atoms with van der Waals surface area (Å²) in [6, 6.07) is 51.2. The molecular weight excluding hydrogens is 742 g/mol. The Bertz CT molecular complexity index is 3090. The van der Waals surface area contributed by atoms with E-state index in [4.69, 9.17) is 0 Å². The minimum Gasteiger partial charge on any atom is -0.359 e. The van der Waals surface area contributed by atoms with E-state index >= 15 is 0 Å². The van der Waals surface area contributed by atoms with Crippen LogP contribution in [-0.2, 0) is 10.8 Å². The predicted octanol–water partition coefficient (Wildman–Crippen LogP) is 12.2. The van der Waals surface area contributed by atoms with Crippen LogP contribution in [0.1, 0.15) is 52.7 Å². The molecule has 13 rings (SSSR count). The second kappa shape index (κ2) is 11.2. The average molecular weight is 783 g/mol. The lowest BCUT2D eigenvalue weighted by atomic mass is 9.65. The van der Waals surface area contributed by atoms with Crippen molar-refractivity contribution in [2.45, 2.75) is 72.0 Å². The first kappa shape index (κ1) is 33.5. The summed E-state index contributed by atoms with van der Waals surface area (Å²) in [5.74, 6) is 0. The third kappa shape index (κ3) is 4.17. The van der Waals surface area contributed by atoms with Gasteiger partial charge in [-0.1, -0.05) is 138 Å². The number of rotatable bonds is 0. The molecule has 278 valence electrons. The maximum absolute atomic E-state index is 2.72. The Morgan fingerprint density at radius 3 is 1.22 bits per heavy atom. The molecule has 4 nitrogen and oxygen atoms in total. The minimum absolute atomic E-state index is 0.0118. The maximum Gasteiger partial charge on any atom is 0.421 e. The molecule has 7 aromatic carbocycles. The van der Waals surface area contributed by atoms with Crippen LogP contribution in [0.25, 0.3) is 43.6 Å². The van der Waals surface area contributed by atoms with E-state index in [0.29, 0.717) is 0 Å². The average Bonchev–Trinajstić information content (AvgIpc) is 3.88. The highest BCUT2D eigenvalue weighted by atomic mass is 32.2. The van der Waals surface area contributed by atoms with Gasteiger partial charge in [-0.15, -0.1) is 0 Å². The van der Waals surface area contributed by atoms with Crippen molar-refractivity contribution in [1.82, 2.24) is 8.96 Å². The van der Waals surface area contributed by atoms with E-state index in [1.165, 1.54) is 108 Å². The van der Waals surface area contributed by atoms with Crippen LogP contribution in [-0.4, -0.2) is 22.9 Å². The lowest BCUT2D eigenvalue weighted by molar-refractivity contribution is 0.591. The molecule has 6 heterocycles. The summed E-state index contributed by atoms with van der Waals surface area (Å²) in [5, 5.41) is 5.36. The molecule has 0 aliphatic carbocycles. The Hall–Kier alpha value is -5.43. The minimum atomic E-state index is -0.0617. The molecule has 0 saturated heterocycles. The zero-order valence-corrected chi connectivity index (χ0v) is 35.1. The van der Waals surface area contributed by atoms with Crippen molar-refractivity contribution in [3.05, 3.63) is 145 Å². The van der Waals surface area contributed by atoms with Crippen LogP contribution in [0.2, 0.25) is 0 Å². The molecule has 8 heteroatoms. The standard InChI is InChI=1S/C50H40B2N4S2/c1-49(2,3)29-23-25-35-31(27-29)43-45-48(56-38-18-10-14-22-42(38)57-39-19-11-7-15-33(39)51(56)53(35)45)44-32-28-30(50(4,5)6)24-26-36(32)54-46(44)47(43)55-37-17-9-13-21-41(37)58-40-20-12-8-16-34(40)52(54)55/h7-28H,1-6H3. The molecule has 0 bridgehead atoms. The largest absolute Gasteiger partial charge is 0.421 e. The molecule has 4 aliphatic rings. The van der Waals surface area contributed by atoms with E-state index in [0.717, 1.165) is 0 Å². The second-order valence-corrected chi connectivity index (χ2v) is 20.7. The molecule has 0 fully saturated rings. The van der Waals surface area contributed by atoms with Crippen LogP contribution in [0.3, 0.4) is 0 Å². The van der Waals surface area contributed by atoms with Crippen LogP contribution >= 0.6 is 23.5 Å². The van der Waals surface area contributed by atoms with Gasteiger partial charge in [0.05, 0.1) is 22.4 Å². The normalized spacial score (nSPS) is 15.1. The van der Waals surface area contributed by atoms with Crippen molar-refractivity contribution in [1.29, 1.82) is 0 Å². The van der Waals surface area contributed by atoms with Crippen LogP contribution in [0.15, 0.2) is 153 Å². The number of hydrogen-bond donors (Lipinski definition) is 0. The Morgan fingerprint density at radius 1 is 0.431 bits per heavy atom. The number of aromatic nitrogens is 2. The summed E-state index contributed by atoms with van der Waals surface area (Å²) < 4.78 is 5.45. The number of para-hydroxylation sites is 2. The van der Waals surface area contributed by atoms with Gasteiger partial charge in [0.15, 0.2) is 0 Å². The smallest absolute Gasteiger partial charge is 0.359 e. The van der Waals surface area contributed by atoms with Crippen LogP contribution in [0, 0.1) is 0 Å². The van der Waals surface area contributed by atoms with Gasteiger partial charge in [-0.2, -0.15) is 0 Å². The highest BCUT2D eigenvalue weighted by Crippen LogP contribution is 2.61. The molecule has 0 N–H and O–H groups in total. The summed E-state index contributed by atoms with van der Waals surface area (Å²) in [4.78, 5) is 10.6. The van der Waals surface area contributed by atoms with Crippen LogP contribution < -0.4 is 20.5 Å². The summed E-state index contributed by atoms with van der Waals surface area (Å²) >= 11 is 3.81. The van der Waals surface area contributed by atoms with Crippen molar-refractivity contribution in [2.75, 3.05) is 9.62 Å². The molecule has 0 radical (unpaired) electrons. The lowest BCUT2D eigenvalue weighted by Crippen LogP contribution is -2.48. The van der Waals surface area contributed by atoms with Gasteiger partial charge < -0.3 is 18.6 Å². The summed E-state index contributed by atoms with van der Waals surface area (Å²) in [6.45, 7) is 14.0. The Morgan fingerprint density at radius 2 is 0.810 bits per heavy atom. The molecule has 0 unspecified atom stereocenters. The zero-order chi connectivity index (χ0) is 39.0. The van der Waals surface area contributed by atoms with Gasteiger partial charge in [0, 0.05) is 63.5 Å². The van der Waals surface area contributed by atoms with Crippen molar-refractivity contribution < 1.29 is 0 Å². The molecular formula is C50H40B2N4S2. The Labute approximate surface area is 348 Å². The van der Waals surface area contributed by atoms with E-state index in [9.17, 15) is 0 Å². The fourth-order valence-electron chi connectivity index (χ4n) is 10.6. The predicted molar refractivity (Wildman–Crippen MR) is 250 cm³/mol. The molecule has 0 amide bonds. The number of fused-ring (bicyclic) bond motifs is 22. The van der Waals surface area contributed by atoms with Gasteiger partial charge >= 0.3 is 14.0 Å². The third-order valence-electron chi connectivity index (χ3n) is 13.2. The molecule has 58 heavy (non-hydrogen) atoms. The van der Waals surface area contributed by atoms with E-state index < -0.39 is 0 Å². The second-order valence-electron chi connectivity index (χ2n) is 18.6. The molecule has 0 saturated carbocycles. The van der Waals surface area contributed by atoms with Crippen molar-refractivity contribution >= 4 is 115 Å². The fourth-order valence-corrected chi connectivity index (χ4v) is 12.7. The van der Waals surface area contributed by atoms with Gasteiger partial charge in [0.25, 0.3) is 0 Å². The monoisotopic (exact) mass is 782 g/mol. The van der Waals surface area contributed by atoms with E-state index in [2.05, 4.69) is 194 Å². The highest BCUT2D eigenvalue weighted by molar-refractivity contribution is 8.00. The SMILES string of the molecule is CC(C)(C)c1ccc2c(c1)c1c3c4c(c5c1n2B1c2ccccc2Sc2ccccc2N15)c1cc(C(C)(C)C)ccc1n4B1c2ccccc2Sc2ccccc2N13. The van der Waals surface area contributed by atoms with Crippen molar-refractivity contribution in [3.63, 3.8) is 0 Å². The van der Waals surface area contributed by atoms with Gasteiger partial charge in [-0.3, -0.25) is 0 Å². The molecule has 9 aromatic rings. The Balaban J connectivity index is 1.31. The van der Waals surface area contributed by atoms with Crippen molar-refractivity contribution in [3.8, 4) is 0 Å². The topological polar surface area (TPSA) is 16.3 Å². The van der Waals surface area contributed by atoms with E-state index in [1.807, 2.05) is 23.5 Å². The zero-order valence-electron chi connectivity index (χ0n) is 33.5. The van der Waals surface area contributed by atoms with Gasteiger partial charge in [-0.05, 0) is 93.5 Å². The number of hydrogen-bond acceptors (Lipinski definition) is 4. The first-order chi connectivity index (χ1) is 28.1. The Kier molecular flexibility index (Phi) is 6.47. The van der Waals surface area contributed by atoms with Gasteiger partial charge in [0.1, 0.15) is 0 Å². The van der Waals surface area contributed by atoms with Crippen molar-refractivity contribution in [2.24, 2.45) is 0 Å². The quantitative estimate of drug-likeness (QED) is 0.142. The summed E-state index contributed by atoms with van der Waals surface area (Å²) in [6.07, 6.45) is 0.